The van der Waals surface area contributed by atoms with Crippen LogP contribution in [0.5, 0.6) is 0 Å². The van der Waals surface area contributed by atoms with E-state index in [-0.39, 0.29) is 0 Å². The number of anilines is 2. The minimum absolute atomic E-state index is 0.607. The number of benzene rings is 1. The minimum atomic E-state index is 0.607. The fourth-order valence-electron chi connectivity index (χ4n) is 1.79. The standard InChI is InChI=1S/C15H19ClN4O/c1-21-10-4-8-17-15-18-9-7-14(20-15)19-11-12-5-2-3-6-13(12)16/h2-3,5-7,9H,4,8,10-11H2,1H3,(H2,17,18,19,20). The molecule has 0 spiro atoms. The van der Waals surface area contributed by atoms with E-state index in [1.807, 2.05) is 30.3 Å². The molecule has 6 heteroatoms. The first-order chi connectivity index (χ1) is 10.3. The number of rotatable bonds is 8. The molecule has 0 aliphatic carbocycles. The Morgan fingerprint density at radius 3 is 2.86 bits per heavy atom. The van der Waals surface area contributed by atoms with E-state index in [1.165, 1.54) is 0 Å². The normalized spacial score (nSPS) is 10.4. The molecule has 0 amide bonds. The lowest BCUT2D eigenvalue weighted by Crippen LogP contribution is -2.09. The van der Waals surface area contributed by atoms with E-state index in [4.69, 9.17) is 16.3 Å². The quantitative estimate of drug-likeness (QED) is 0.734. The fraction of sp³-hybridized carbons (Fsp3) is 0.333. The molecule has 2 rings (SSSR count). The Morgan fingerprint density at radius 1 is 1.19 bits per heavy atom. The Balaban J connectivity index is 1.87. The zero-order valence-corrected chi connectivity index (χ0v) is 12.7. The Labute approximate surface area is 129 Å². The van der Waals surface area contributed by atoms with Crippen molar-refractivity contribution in [3.63, 3.8) is 0 Å². The van der Waals surface area contributed by atoms with Gasteiger partial charge < -0.3 is 15.4 Å². The van der Waals surface area contributed by atoms with Crippen LogP contribution in [0.2, 0.25) is 5.02 Å². The van der Waals surface area contributed by atoms with Gasteiger partial charge in [0.25, 0.3) is 0 Å². The van der Waals surface area contributed by atoms with E-state index in [0.29, 0.717) is 12.5 Å². The van der Waals surface area contributed by atoms with Gasteiger partial charge in [-0.15, -0.1) is 0 Å². The number of ether oxygens (including phenoxy) is 1. The molecule has 0 radical (unpaired) electrons. The highest BCUT2D eigenvalue weighted by atomic mass is 35.5. The zero-order valence-electron chi connectivity index (χ0n) is 12.0. The lowest BCUT2D eigenvalue weighted by molar-refractivity contribution is 0.197. The molecule has 0 atom stereocenters. The number of hydrogen-bond acceptors (Lipinski definition) is 5. The Kier molecular flexibility index (Phi) is 6.24. The van der Waals surface area contributed by atoms with Crippen molar-refractivity contribution in [2.75, 3.05) is 30.9 Å². The van der Waals surface area contributed by atoms with Gasteiger partial charge in [-0.25, -0.2) is 4.98 Å². The lowest BCUT2D eigenvalue weighted by Gasteiger charge is -2.09. The molecule has 1 aromatic heterocycles. The first-order valence-corrected chi connectivity index (χ1v) is 7.20. The lowest BCUT2D eigenvalue weighted by atomic mass is 10.2. The number of hydrogen-bond donors (Lipinski definition) is 2. The maximum Gasteiger partial charge on any atom is 0.224 e. The zero-order chi connectivity index (χ0) is 14.9. The van der Waals surface area contributed by atoms with Crippen LogP contribution in [0.4, 0.5) is 11.8 Å². The van der Waals surface area contributed by atoms with Gasteiger partial charge in [-0.05, 0) is 24.1 Å². The highest BCUT2D eigenvalue weighted by molar-refractivity contribution is 6.31. The molecule has 0 saturated carbocycles. The molecule has 5 nitrogen and oxygen atoms in total. The first kappa shape index (κ1) is 15.5. The molecule has 0 bridgehead atoms. The molecule has 0 fully saturated rings. The van der Waals surface area contributed by atoms with Gasteiger partial charge >= 0.3 is 0 Å². The molecule has 112 valence electrons. The van der Waals surface area contributed by atoms with Crippen LogP contribution < -0.4 is 10.6 Å². The topological polar surface area (TPSA) is 59.1 Å². The smallest absolute Gasteiger partial charge is 0.224 e. The van der Waals surface area contributed by atoms with Gasteiger partial charge in [0.15, 0.2) is 0 Å². The Hall–Kier alpha value is -1.85. The third-order valence-corrected chi connectivity index (χ3v) is 3.25. The van der Waals surface area contributed by atoms with Crippen molar-refractivity contribution >= 4 is 23.4 Å². The summed E-state index contributed by atoms with van der Waals surface area (Å²) in [4.78, 5) is 8.58. The van der Waals surface area contributed by atoms with Crippen molar-refractivity contribution in [2.45, 2.75) is 13.0 Å². The van der Waals surface area contributed by atoms with Gasteiger partial charge in [0.05, 0.1) is 0 Å². The summed E-state index contributed by atoms with van der Waals surface area (Å²) >= 11 is 6.12. The molecule has 0 aliphatic heterocycles. The molecule has 2 aromatic rings. The van der Waals surface area contributed by atoms with Crippen LogP contribution in [0, 0.1) is 0 Å². The molecule has 0 unspecified atom stereocenters. The molecule has 0 saturated heterocycles. The van der Waals surface area contributed by atoms with E-state index < -0.39 is 0 Å². The molecular weight excluding hydrogens is 288 g/mol. The van der Waals surface area contributed by atoms with E-state index >= 15 is 0 Å². The van der Waals surface area contributed by atoms with Gasteiger partial charge in [-0.2, -0.15) is 4.98 Å². The van der Waals surface area contributed by atoms with E-state index in [9.17, 15) is 0 Å². The predicted molar refractivity (Wildman–Crippen MR) is 85.8 cm³/mol. The Bertz CT molecular complexity index is 565. The maximum absolute atomic E-state index is 6.12. The third kappa shape index (κ3) is 5.21. The molecule has 1 heterocycles. The largest absolute Gasteiger partial charge is 0.385 e. The summed E-state index contributed by atoms with van der Waals surface area (Å²) in [6.45, 7) is 2.12. The summed E-state index contributed by atoms with van der Waals surface area (Å²) in [6.07, 6.45) is 2.64. The highest BCUT2D eigenvalue weighted by Crippen LogP contribution is 2.16. The van der Waals surface area contributed by atoms with Crippen molar-refractivity contribution in [1.29, 1.82) is 0 Å². The monoisotopic (exact) mass is 306 g/mol. The van der Waals surface area contributed by atoms with E-state index in [1.54, 1.807) is 13.3 Å². The van der Waals surface area contributed by atoms with Crippen LogP contribution in [0.25, 0.3) is 0 Å². The summed E-state index contributed by atoms with van der Waals surface area (Å²) in [5, 5.41) is 7.15. The van der Waals surface area contributed by atoms with Gasteiger partial charge in [0, 0.05) is 38.0 Å². The minimum Gasteiger partial charge on any atom is -0.385 e. The summed E-state index contributed by atoms with van der Waals surface area (Å²) < 4.78 is 5.00. The molecular formula is C15H19ClN4O. The van der Waals surface area contributed by atoms with Gasteiger partial charge in [-0.1, -0.05) is 29.8 Å². The number of halogens is 1. The summed E-state index contributed by atoms with van der Waals surface area (Å²) in [7, 11) is 1.69. The Morgan fingerprint density at radius 2 is 2.05 bits per heavy atom. The molecule has 21 heavy (non-hydrogen) atoms. The SMILES string of the molecule is COCCCNc1nccc(NCc2ccccc2Cl)n1. The average Bonchev–Trinajstić information content (AvgIpc) is 2.51. The number of aromatic nitrogens is 2. The van der Waals surface area contributed by atoms with Crippen molar-refractivity contribution in [2.24, 2.45) is 0 Å². The van der Waals surface area contributed by atoms with E-state index in [2.05, 4.69) is 20.6 Å². The molecule has 2 N–H and O–H groups in total. The second-order valence-corrected chi connectivity index (χ2v) is 4.89. The second kappa shape index (κ2) is 8.44. The third-order valence-electron chi connectivity index (χ3n) is 2.88. The van der Waals surface area contributed by atoms with Crippen molar-refractivity contribution in [1.82, 2.24) is 9.97 Å². The number of methoxy groups -OCH3 is 1. The van der Waals surface area contributed by atoms with Crippen LogP contribution in [0.15, 0.2) is 36.5 Å². The maximum atomic E-state index is 6.12. The van der Waals surface area contributed by atoms with Crippen LogP contribution in [-0.2, 0) is 11.3 Å². The summed E-state index contributed by atoms with van der Waals surface area (Å²) in [6, 6.07) is 9.57. The molecule has 0 aliphatic rings. The van der Waals surface area contributed by atoms with Crippen LogP contribution in [0.3, 0.4) is 0 Å². The number of nitrogens with one attached hydrogen (secondary N) is 2. The number of nitrogens with zero attached hydrogens (tertiary/aromatic N) is 2. The van der Waals surface area contributed by atoms with Crippen LogP contribution in [-0.4, -0.2) is 30.2 Å². The van der Waals surface area contributed by atoms with Gasteiger partial charge in [0.2, 0.25) is 5.95 Å². The van der Waals surface area contributed by atoms with Gasteiger partial charge in [0.1, 0.15) is 5.82 Å². The summed E-state index contributed by atoms with van der Waals surface area (Å²) in [5.41, 5.74) is 1.03. The van der Waals surface area contributed by atoms with Crippen LogP contribution in [0.1, 0.15) is 12.0 Å². The predicted octanol–water partition coefficient (Wildman–Crippen LogP) is 3.19. The highest BCUT2D eigenvalue weighted by Gasteiger charge is 2.01. The molecule has 1 aromatic carbocycles. The van der Waals surface area contributed by atoms with Crippen molar-refractivity contribution < 1.29 is 4.74 Å². The van der Waals surface area contributed by atoms with Crippen molar-refractivity contribution in [3.05, 3.63) is 47.1 Å². The van der Waals surface area contributed by atoms with E-state index in [0.717, 1.165) is 36.0 Å². The first-order valence-electron chi connectivity index (χ1n) is 6.82. The second-order valence-electron chi connectivity index (χ2n) is 4.48. The van der Waals surface area contributed by atoms with Gasteiger partial charge in [-0.3, -0.25) is 0 Å². The summed E-state index contributed by atoms with van der Waals surface area (Å²) in [5.74, 6) is 1.37. The van der Waals surface area contributed by atoms with Crippen molar-refractivity contribution in [3.8, 4) is 0 Å². The average molecular weight is 307 g/mol. The van der Waals surface area contributed by atoms with Crippen LogP contribution >= 0.6 is 11.6 Å². The fourth-order valence-corrected chi connectivity index (χ4v) is 1.99.